The number of carboxylic acids is 1. The monoisotopic (exact) mass is 482 g/mol. The maximum absolute atomic E-state index is 13.1. The number of phenols is 1. The predicted octanol–water partition coefficient (Wildman–Crippen LogP) is 4.56. The van der Waals surface area contributed by atoms with Crippen LogP contribution in [0.3, 0.4) is 0 Å². The van der Waals surface area contributed by atoms with Gasteiger partial charge in [0.2, 0.25) is 0 Å². The lowest BCUT2D eigenvalue weighted by molar-refractivity contribution is -0.170. The zero-order valence-corrected chi connectivity index (χ0v) is 19.0. The van der Waals surface area contributed by atoms with E-state index in [1.165, 1.54) is 31.2 Å². The number of hydrogen-bond donors (Lipinski definition) is 3. The molecule has 1 amide bonds. The molecule has 0 aromatic heterocycles. The Labute approximate surface area is 193 Å². The van der Waals surface area contributed by atoms with E-state index in [0.717, 1.165) is 12.1 Å². The number of oxime groups is 1. The molecule has 0 unspecified atom stereocenters. The lowest BCUT2D eigenvalue weighted by atomic mass is 9.84. The second-order valence-electron chi connectivity index (χ2n) is 8.35. The van der Waals surface area contributed by atoms with Crippen LogP contribution >= 0.6 is 0 Å². The number of alkyl halides is 3. The summed E-state index contributed by atoms with van der Waals surface area (Å²) in [5, 5.41) is 31.5. The summed E-state index contributed by atoms with van der Waals surface area (Å²) in [7, 11) is 0. The Kier molecular flexibility index (Phi) is 7.81. The normalized spacial score (nSPS) is 12.4. The molecule has 184 valence electrons. The average Bonchev–Trinajstić information content (AvgIpc) is 2.73. The molecule has 0 saturated heterocycles. The smallest absolute Gasteiger partial charge is 0.471 e. The van der Waals surface area contributed by atoms with Gasteiger partial charge in [0, 0.05) is 23.9 Å². The van der Waals surface area contributed by atoms with Gasteiger partial charge in [-0.15, -0.1) is 0 Å². The van der Waals surface area contributed by atoms with Gasteiger partial charge in [-0.1, -0.05) is 32.0 Å². The number of hydrogen-bond acceptors (Lipinski definition) is 6. The Balaban J connectivity index is 2.40. The molecule has 34 heavy (non-hydrogen) atoms. The number of carbonyl (C=O) groups excluding carboxylic acids is 1. The molecule has 11 heteroatoms. The number of benzene rings is 2. The number of amides is 1. The Morgan fingerprint density at radius 2 is 1.74 bits per heavy atom. The molecule has 0 fully saturated rings. The van der Waals surface area contributed by atoms with E-state index in [1.54, 1.807) is 20.8 Å². The number of anilines is 1. The van der Waals surface area contributed by atoms with Gasteiger partial charge in [0.05, 0.1) is 0 Å². The number of rotatable bonds is 7. The highest BCUT2D eigenvalue weighted by molar-refractivity contribution is 6.03. The molecule has 2 rings (SSSR count). The number of carbonyl (C=O) groups is 2. The maximum Gasteiger partial charge on any atom is 0.471 e. The third-order valence-electron chi connectivity index (χ3n) is 4.93. The third-order valence-corrected chi connectivity index (χ3v) is 4.93. The molecule has 0 atom stereocenters. The first-order valence-electron chi connectivity index (χ1n) is 10.1. The van der Waals surface area contributed by atoms with Gasteiger partial charge in [-0.2, -0.15) is 13.2 Å². The first kappa shape index (κ1) is 26.5. The highest BCUT2D eigenvalue weighted by atomic mass is 19.4. The van der Waals surface area contributed by atoms with Gasteiger partial charge in [0.15, 0.2) is 0 Å². The van der Waals surface area contributed by atoms with E-state index in [0.29, 0.717) is 16.0 Å². The molecule has 2 aromatic carbocycles. The summed E-state index contributed by atoms with van der Waals surface area (Å²) >= 11 is 0. The van der Waals surface area contributed by atoms with Crippen molar-refractivity contribution < 1.29 is 42.9 Å². The fourth-order valence-corrected chi connectivity index (χ4v) is 3.23. The molecule has 8 nitrogen and oxygen atoms in total. The Morgan fingerprint density at radius 1 is 1.09 bits per heavy atom. The molecule has 0 aliphatic heterocycles. The maximum atomic E-state index is 13.1. The van der Waals surface area contributed by atoms with Gasteiger partial charge in [0.1, 0.15) is 29.4 Å². The molecule has 3 N–H and O–H groups in total. The average molecular weight is 482 g/mol. The summed E-state index contributed by atoms with van der Waals surface area (Å²) in [4.78, 5) is 23.6. The Morgan fingerprint density at radius 3 is 2.21 bits per heavy atom. The van der Waals surface area contributed by atoms with Crippen molar-refractivity contribution in [2.24, 2.45) is 5.16 Å². The summed E-state index contributed by atoms with van der Waals surface area (Å²) in [5.41, 5.74) is -0.155. The van der Waals surface area contributed by atoms with E-state index < -0.39 is 29.2 Å². The second-order valence-corrected chi connectivity index (χ2v) is 8.35. The summed E-state index contributed by atoms with van der Waals surface area (Å²) in [5.74, 6) is -3.72. The fraction of sp³-hybridized carbons (Fsp3) is 0.348. The van der Waals surface area contributed by atoms with Crippen molar-refractivity contribution in [1.82, 2.24) is 0 Å². The van der Waals surface area contributed by atoms with Crippen LogP contribution < -0.4 is 9.64 Å². The van der Waals surface area contributed by atoms with Crippen LogP contribution in [0, 0.1) is 0 Å². The van der Waals surface area contributed by atoms with Crippen molar-refractivity contribution in [2.75, 3.05) is 18.1 Å². The van der Waals surface area contributed by atoms with Crippen LogP contribution in [0.25, 0.3) is 0 Å². The summed E-state index contributed by atoms with van der Waals surface area (Å²) in [6.07, 6.45) is -5.04. The minimum absolute atomic E-state index is 0.0176. The molecule has 0 spiro atoms. The minimum Gasteiger partial charge on any atom is -0.507 e. The van der Waals surface area contributed by atoms with Gasteiger partial charge < -0.3 is 25.1 Å². The van der Waals surface area contributed by atoms with Crippen LogP contribution in [0.4, 0.5) is 18.9 Å². The van der Waals surface area contributed by atoms with Crippen LogP contribution in [0.5, 0.6) is 11.5 Å². The van der Waals surface area contributed by atoms with Crippen molar-refractivity contribution in [3.05, 3.63) is 53.1 Å². The molecular formula is C23H25F3N2O6. The first-order valence-corrected chi connectivity index (χ1v) is 10.1. The second kappa shape index (κ2) is 10.0. The quantitative estimate of drug-likeness (QED) is 0.302. The molecule has 2 aromatic rings. The van der Waals surface area contributed by atoms with E-state index in [-0.39, 0.29) is 35.9 Å². The SMILES string of the molecule is CCN(C(=O)C(F)(F)F)c1ccc(/C(COc2ccc(C(=O)O)c(O)c2)=N/O)cc1C(C)(C)C. The number of halogens is 3. The minimum atomic E-state index is -5.04. The number of ether oxygens (including phenoxy) is 1. The third kappa shape index (κ3) is 5.97. The molecule has 0 aliphatic carbocycles. The zero-order chi connectivity index (χ0) is 25.8. The molecule has 0 bridgehead atoms. The largest absolute Gasteiger partial charge is 0.507 e. The van der Waals surface area contributed by atoms with Crippen LogP contribution in [0.15, 0.2) is 41.6 Å². The van der Waals surface area contributed by atoms with Crippen LogP contribution in [-0.4, -0.2) is 52.3 Å². The van der Waals surface area contributed by atoms with Gasteiger partial charge in [-0.05, 0) is 42.2 Å². The highest BCUT2D eigenvalue weighted by Crippen LogP contribution is 2.35. The molecule has 0 aliphatic rings. The highest BCUT2D eigenvalue weighted by Gasteiger charge is 2.43. The van der Waals surface area contributed by atoms with Crippen LogP contribution in [0.1, 0.15) is 49.2 Å². The topological polar surface area (TPSA) is 120 Å². The van der Waals surface area contributed by atoms with Crippen molar-refractivity contribution in [3.8, 4) is 11.5 Å². The van der Waals surface area contributed by atoms with Gasteiger partial charge >= 0.3 is 18.1 Å². The summed E-state index contributed by atoms with van der Waals surface area (Å²) in [6.45, 7) is 6.22. The Bertz CT molecular complexity index is 1110. The molecule has 0 radical (unpaired) electrons. The molecule has 0 heterocycles. The number of aromatic hydroxyl groups is 1. The number of nitrogens with zero attached hydrogens (tertiary/aromatic N) is 2. The van der Waals surface area contributed by atoms with Crippen molar-refractivity contribution in [1.29, 1.82) is 0 Å². The summed E-state index contributed by atoms with van der Waals surface area (Å²) < 4.78 is 44.8. The van der Waals surface area contributed by atoms with Crippen LogP contribution in [0.2, 0.25) is 0 Å². The van der Waals surface area contributed by atoms with Crippen molar-refractivity contribution in [3.63, 3.8) is 0 Å². The van der Waals surface area contributed by atoms with Crippen molar-refractivity contribution in [2.45, 2.75) is 39.3 Å². The zero-order valence-electron chi connectivity index (χ0n) is 19.0. The van der Waals surface area contributed by atoms with Gasteiger partial charge in [-0.3, -0.25) is 4.79 Å². The molecule has 0 saturated carbocycles. The van der Waals surface area contributed by atoms with Crippen molar-refractivity contribution >= 4 is 23.3 Å². The predicted molar refractivity (Wildman–Crippen MR) is 118 cm³/mol. The number of carboxylic acid groups (broad SMARTS) is 1. The van der Waals surface area contributed by atoms with E-state index in [1.807, 2.05) is 0 Å². The van der Waals surface area contributed by atoms with E-state index >= 15 is 0 Å². The summed E-state index contributed by atoms with van der Waals surface area (Å²) in [6, 6.07) is 7.81. The lowest BCUT2D eigenvalue weighted by Gasteiger charge is -2.30. The van der Waals surface area contributed by atoms with E-state index in [9.17, 15) is 33.1 Å². The van der Waals surface area contributed by atoms with Gasteiger partial charge in [0.25, 0.3) is 0 Å². The van der Waals surface area contributed by atoms with E-state index in [4.69, 9.17) is 9.84 Å². The standard InChI is InChI=1S/C23H25F3N2O6/c1-5-28(21(32)23(24,25)26)18-9-6-13(10-16(18)22(2,3)4)17(27-33)12-34-14-7-8-15(20(30)31)19(29)11-14/h6-11,29,33H,5,12H2,1-4H3,(H,30,31)/b27-17+. The number of aromatic carboxylic acids is 1. The lowest BCUT2D eigenvalue weighted by Crippen LogP contribution is -2.42. The van der Waals surface area contributed by atoms with Crippen LogP contribution in [-0.2, 0) is 10.2 Å². The van der Waals surface area contributed by atoms with Gasteiger partial charge in [-0.25, -0.2) is 4.79 Å². The fourth-order valence-electron chi connectivity index (χ4n) is 3.23. The Hall–Kier alpha value is -3.76. The first-order chi connectivity index (χ1) is 15.7. The van der Waals surface area contributed by atoms with E-state index in [2.05, 4.69) is 5.16 Å². The molecular weight excluding hydrogens is 457 g/mol.